The van der Waals surface area contributed by atoms with Gasteiger partial charge in [0, 0.05) is 0 Å². The Hall–Kier alpha value is -1.96. The monoisotopic (exact) mass is 340 g/mol. The van der Waals surface area contributed by atoms with Gasteiger partial charge in [0.05, 0.1) is 0 Å². The number of phenolic OH excluding ortho intramolecular Hbond substituents is 2. The van der Waals surface area contributed by atoms with Crippen LogP contribution in [0.3, 0.4) is 0 Å². The van der Waals surface area contributed by atoms with Crippen molar-refractivity contribution in [2.75, 3.05) is 0 Å². The van der Waals surface area contributed by atoms with E-state index in [9.17, 15) is 10.2 Å². The molecule has 25 heavy (non-hydrogen) atoms. The molecule has 0 aliphatic rings. The lowest BCUT2D eigenvalue weighted by Gasteiger charge is -2.21. The van der Waals surface area contributed by atoms with Crippen LogP contribution in [0, 0.1) is 27.7 Å². The molecular weight excluding hydrogens is 308 g/mol. The average molecular weight is 341 g/mol. The lowest BCUT2D eigenvalue weighted by atomic mass is 9.84. The van der Waals surface area contributed by atoms with Gasteiger partial charge in [0.1, 0.15) is 11.5 Å². The fraction of sp³-hybridized carbons (Fsp3) is 0.478. The van der Waals surface area contributed by atoms with Crippen LogP contribution in [-0.2, 0) is 19.3 Å². The Morgan fingerprint density at radius 2 is 1.00 bits per heavy atom. The Kier molecular flexibility index (Phi) is 6.16. The van der Waals surface area contributed by atoms with Crippen molar-refractivity contribution in [2.45, 2.75) is 73.6 Å². The first-order valence-corrected chi connectivity index (χ1v) is 9.43. The summed E-state index contributed by atoms with van der Waals surface area (Å²) in [4.78, 5) is 0. The minimum Gasteiger partial charge on any atom is -0.508 e. The van der Waals surface area contributed by atoms with Crippen LogP contribution in [-0.4, -0.2) is 10.2 Å². The molecule has 2 heteroatoms. The van der Waals surface area contributed by atoms with Crippen LogP contribution in [0.5, 0.6) is 11.5 Å². The summed E-state index contributed by atoms with van der Waals surface area (Å²) in [6.07, 6.45) is 4.95. The van der Waals surface area contributed by atoms with Gasteiger partial charge in [-0.2, -0.15) is 0 Å². The lowest BCUT2D eigenvalue weighted by molar-refractivity contribution is 0.469. The second-order valence-corrected chi connectivity index (χ2v) is 7.27. The first kappa shape index (κ1) is 19.4. The number of hydrogen-bond acceptors (Lipinski definition) is 2. The largest absolute Gasteiger partial charge is 0.508 e. The number of rotatable bonds is 6. The smallest absolute Gasteiger partial charge is 0.119 e. The van der Waals surface area contributed by atoms with Gasteiger partial charge >= 0.3 is 0 Å². The fourth-order valence-corrected chi connectivity index (χ4v) is 3.88. The first-order chi connectivity index (χ1) is 11.8. The number of hydrogen-bond donors (Lipinski definition) is 2. The molecule has 0 aliphatic carbocycles. The summed E-state index contributed by atoms with van der Waals surface area (Å²) >= 11 is 0. The van der Waals surface area contributed by atoms with Crippen molar-refractivity contribution in [1.82, 2.24) is 0 Å². The van der Waals surface area contributed by atoms with E-state index in [1.807, 2.05) is 26.0 Å². The molecule has 0 amide bonds. The van der Waals surface area contributed by atoms with Crippen LogP contribution >= 0.6 is 0 Å². The van der Waals surface area contributed by atoms with Gasteiger partial charge in [-0.25, -0.2) is 0 Å². The van der Waals surface area contributed by atoms with Gasteiger partial charge in [-0.1, -0.05) is 26.7 Å². The van der Waals surface area contributed by atoms with Crippen LogP contribution < -0.4 is 0 Å². The van der Waals surface area contributed by atoms with Gasteiger partial charge in [0.15, 0.2) is 0 Å². The molecule has 0 aliphatic heterocycles. The van der Waals surface area contributed by atoms with Crippen LogP contribution in [0.2, 0.25) is 0 Å². The van der Waals surface area contributed by atoms with E-state index in [2.05, 4.69) is 27.7 Å². The molecule has 0 atom stereocenters. The molecule has 0 fully saturated rings. The number of benzene rings is 2. The van der Waals surface area contributed by atoms with E-state index < -0.39 is 0 Å². The fourth-order valence-electron chi connectivity index (χ4n) is 3.88. The quantitative estimate of drug-likeness (QED) is 0.695. The first-order valence-electron chi connectivity index (χ1n) is 9.43. The number of phenols is 2. The summed E-state index contributed by atoms with van der Waals surface area (Å²) in [6, 6.07) is 3.79. The SMILES string of the molecule is CCCc1c(C)c(O)cc(C)c1Cc1c(C)cc(O)c(C)c1CCC. The van der Waals surface area contributed by atoms with E-state index in [1.54, 1.807) is 0 Å². The van der Waals surface area contributed by atoms with E-state index in [0.717, 1.165) is 54.4 Å². The minimum atomic E-state index is 0.400. The summed E-state index contributed by atoms with van der Waals surface area (Å²) in [7, 11) is 0. The molecule has 2 nitrogen and oxygen atoms in total. The predicted molar refractivity (Wildman–Crippen MR) is 106 cm³/mol. The Bertz CT molecular complexity index is 707. The maximum Gasteiger partial charge on any atom is 0.119 e. The van der Waals surface area contributed by atoms with Crippen molar-refractivity contribution in [1.29, 1.82) is 0 Å². The van der Waals surface area contributed by atoms with E-state index in [1.165, 1.54) is 22.3 Å². The zero-order valence-electron chi connectivity index (χ0n) is 16.6. The molecule has 2 aromatic rings. The number of aromatic hydroxyl groups is 2. The molecule has 2 N–H and O–H groups in total. The highest BCUT2D eigenvalue weighted by atomic mass is 16.3. The normalized spacial score (nSPS) is 11.1. The standard InChI is InChI=1S/C23H32O2/c1-7-9-18-16(5)22(24)11-14(3)20(18)13-21-15(4)12-23(25)17(6)19(21)10-8-2/h11-12,24-25H,7-10,13H2,1-6H3. The highest BCUT2D eigenvalue weighted by Gasteiger charge is 2.18. The van der Waals surface area contributed by atoms with E-state index in [4.69, 9.17) is 0 Å². The molecule has 0 saturated carbocycles. The predicted octanol–water partition coefficient (Wildman–Crippen LogP) is 5.83. The third-order valence-electron chi connectivity index (χ3n) is 5.41. The van der Waals surface area contributed by atoms with Crippen LogP contribution in [0.4, 0.5) is 0 Å². The van der Waals surface area contributed by atoms with E-state index in [-0.39, 0.29) is 0 Å². The maximum atomic E-state index is 10.2. The summed E-state index contributed by atoms with van der Waals surface area (Å²) in [5, 5.41) is 20.5. The zero-order valence-corrected chi connectivity index (χ0v) is 16.6. The Morgan fingerprint density at radius 1 is 0.640 bits per heavy atom. The minimum absolute atomic E-state index is 0.400. The van der Waals surface area contributed by atoms with Crippen molar-refractivity contribution in [3.63, 3.8) is 0 Å². The summed E-state index contributed by atoms with van der Waals surface area (Å²) in [6.45, 7) is 12.6. The topological polar surface area (TPSA) is 40.5 Å². The molecule has 136 valence electrons. The molecule has 0 spiro atoms. The molecule has 0 radical (unpaired) electrons. The van der Waals surface area contributed by atoms with Crippen molar-refractivity contribution in [2.24, 2.45) is 0 Å². The van der Waals surface area contributed by atoms with Crippen LogP contribution in [0.1, 0.15) is 71.2 Å². The van der Waals surface area contributed by atoms with E-state index >= 15 is 0 Å². The van der Waals surface area contributed by atoms with Gasteiger partial charge in [0.2, 0.25) is 0 Å². The van der Waals surface area contributed by atoms with Crippen LogP contribution in [0.25, 0.3) is 0 Å². The molecule has 0 aromatic heterocycles. The average Bonchev–Trinajstić information content (AvgIpc) is 2.55. The molecular formula is C23H32O2. The maximum absolute atomic E-state index is 10.2. The van der Waals surface area contributed by atoms with Crippen LogP contribution in [0.15, 0.2) is 12.1 Å². The van der Waals surface area contributed by atoms with Gasteiger partial charge in [-0.05, 0) is 104 Å². The molecule has 0 bridgehead atoms. The van der Waals surface area contributed by atoms with Gasteiger partial charge in [-0.15, -0.1) is 0 Å². The van der Waals surface area contributed by atoms with Gasteiger partial charge < -0.3 is 10.2 Å². The molecule has 0 unspecified atom stereocenters. The van der Waals surface area contributed by atoms with E-state index in [0.29, 0.717) is 11.5 Å². The van der Waals surface area contributed by atoms with Gasteiger partial charge in [-0.3, -0.25) is 0 Å². The summed E-state index contributed by atoms with van der Waals surface area (Å²) in [5.41, 5.74) is 9.56. The molecule has 0 saturated heterocycles. The third kappa shape index (κ3) is 3.84. The lowest BCUT2D eigenvalue weighted by Crippen LogP contribution is -2.07. The molecule has 2 aromatic carbocycles. The van der Waals surface area contributed by atoms with Crippen molar-refractivity contribution in [3.8, 4) is 11.5 Å². The van der Waals surface area contributed by atoms with Crippen molar-refractivity contribution < 1.29 is 10.2 Å². The second-order valence-electron chi connectivity index (χ2n) is 7.27. The van der Waals surface area contributed by atoms with Crippen molar-refractivity contribution in [3.05, 3.63) is 56.6 Å². The number of aryl methyl sites for hydroxylation is 2. The van der Waals surface area contributed by atoms with Gasteiger partial charge in [0.25, 0.3) is 0 Å². The Balaban J connectivity index is 2.64. The molecule has 2 rings (SSSR count). The zero-order chi connectivity index (χ0) is 18.7. The van der Waals surface area contributed by atoms with Crippen molar-refractivity contribution >= 4 is 0 Å². The summed E-state index contributed by atoms with van der Waals surface area (Å²) in [5.74, 6) is 0.800. The summed E-state index contributed by atoms with van der Waals surface area (Å²) < 4.78 is 0. The Labute approximate surface area is 152 Å². The third-order valence-corrected chi connectivity index (χ3v) is 5.41. The Morgan fingerprint density at radius 3 is 1.32 bits per heavy atom. The molecule has 0 heterocycles. The second kappa shape index (κ2) is 7.95. The highest BCUT2D eigenvalue weighted by molar-refractivity contribution is 5.54. The highest BCUT2D eigenvalue weighted by Crippen LogP contribution is 2.34.